The minimum Gasteiger partial charge on any atom is -0.493 e. The van der Waals surface area contributed by atoms with Crippen LogP contribution >= 0.6 is 0 Å². The second kappa shape index (κ2) is 6.62. The first-order valence-corrected chi connectivity index (χ1v) is 5.94. The van der Waals surface area contributed by atoms with Crippen LogP contribution in [-0.2, 0) is 11.2 Å². The molecular formula is C14H22O3. The summed E-state index contributed by atoms with van der Waals surface area (Å²) in [6.45, 7) is 4.83. The Bertz CT molecular complexity index is 311. The van der Waals surface area contributed by atoms with Crippen LogP contribution in [0.5, 0.6) is 5.75 Å². The van der Waals surface area contributed by atoms with Gasteiger partial charge in [-0.15, -0.1) is 0 Å². The first kappa shape index (κ1) is 14.0. The molecular weight excluding hydrogens is 216 g/mol. The predicted molar refractivity (Wildman–Crippen MR) is 68.4 cm³/mol. The minimum absolute atomic E-state index is 0.529. The fraction of sp³-hybridized carbons (Fsp3) is 0.571. The lowest BCUT2D eigenvalue weighted by Gasteiger charge is -2.17. The van der Waals surface area contributed by atoms with Gasteiger partial charge in [0, 0.05) is 13.5 Å². The summed E-state index contributed by atoms with van der Waals surface area (Å²) in [5.41, 5.74) is 0.569. The Morgan fingerprint density at radius 3 is 2.29 bits per heavy atom. The molecule has 0 spiro atoms. The van der Waals surface area contributed by atoms with Gasteiger partial charge in [-0.2, -0.15) is 0 Å². The third kappa shape index (κ3) is 6.29. The van der Waals surface area contributed by atoms with Gasteiger partial charge < -0.3 is 14.6 Å². The van der Waals surface area contributed by atoms with Gasteiger partial charge in [0.1, 0.15) is 5.75 Å². The van der Waals surface area contributed by atoms with Crippen molar-refractivity contribution in [3.8, 4) is 5.75 Å². The quantitative estimate of drug-likeness (QED) is 0.793. The van der Waals surface area contributed by atoms with Gasteiger partial charge in [0.05, 0.1) is 18.8 Å². The highest BCUT2D eigenvalue weighted by atomic mass is 16.5. The van der Waals surface area contributed by atoms with Gasteiger partial charge in [0.25, 0.3) is 0 Å². The molecule has 96 valence electrons. The lowest BCUT2D eigenvalue weighted by atomic mass is 10.1. The van der Waals surface area contributed by atoms with E-state index < -0.39 is 5.60 Å². The van der Waals surface area contributed by atoms with Crippen molar-refractivity contribution < 1.29 is 14.6 Å². The van der Waals surface area contributed by atoms with Crippen molar-refractivity contribution in [2.75, 3.05) is 20.3 Å². The van der Waals surface area contributed by atoms with E-state index in [4.69, 9.17) is 9.47 Å². The summed E-state index contributed by atoms with van der Waals surface area (Å²) in [6, 6.07) is 7.99. The molecule has 1 N–H and O–H groups in total. The van der Waals surface area contributed by atoms with Crippen LogP contribution in [0.1, 0.15) is 25.8 Å². The van der Waals surface area contributed by atoms with Crippen LogP contribution in [0.15, 0.2) is 24.3 Å². The number of hydrogen-bond acceptors (Lipinski definition) is 3. The second-order valence-electron chi connectivity index (χ2n) is 4.80. The van der Waals surface area contributed by atoms with E-state index in [0.717, 1.165) is 18.8 Å². The molecule has 0 heterocycles. The molecule has 3 heteroatoms. The smallest absolute Gasteiger partial charge is 0.119 e. The molecule has 0 aliphatic carbocycles. The molecule has 0 amide bonds. The highest BCUT2D eigenvalue weighted by Crippen LogP contribution is 2.14. The molecule has 1 rings (SSSR count). The Morgan fingerprint density at radius 2 is 1.76 bits per heavy atom. The van der Waals surface area contributed by atoms with Crippen molar-refractivity contribution >= 4 is 0 Å². The van der Waals surface area contributed by atoms with Crippen LogP contribution in [0.3, 0.4) is 0 Å². The number of ether oxygens (including phenoxy) is 2. The summed E-state index contributed by atoms with van der Waals surface area (Å²) >= 11 is 0. The summed E-state index contributed by atoms with van der Waals surface area (Å²) in [4.78, 5) is 0. The van der Waals surface area contributed by atoms with Gasteiger partial charge >= 0.3 is 0 Å². The van der Waals surface area contributed by atoms with Crippen LogP contribution in [-0.4, -0.2) is 31.0 Å². The topological polar surface area (TPSA) is 38.7 Å². The molecule has 0 atom stereocenters. The Balaban J connectivity index is 2.35. The zero-order valence-electron chi connectivity index (χ0n) is 10.9. The van der Waals surface area contributed by atoms with Gasteiger partial charge in [-0.3, -0.25) is 0 Å². The van der Waals surface area contributed by atoms with E-state index in [1.807, 2.05) is 24.3 Å². The Labute approximate surface area is 103 Å². The molecule has 0 aliphatic rings. The molecule has 17 heavy (non-hydrogen) atoms. The Morgan fingerprint density at radius 1 is 1.12 bits per heavy atom. The van der Waals surface area contributed by atoms with Gasteiger partial charge in [-0.1, -0.05) is 12.1 Å². The van der Waals surface area contributed by atoms with Gasteiger partial charge in [-0.05, 0) is 38.0 Å². The number of benzene rings is 1. The summed E-state index contributed by atoms with van der Waals surface area (Å²) in [5.74, 6) is 0.843. The number of hydrogen-bond donors (Lipinski definition) is 1. The van der Waals surface area contributed by atoms with Gasteiger partial charge in [-0.25, -0.2) is 0 Å². The van der Waals surface area contributed by atoms with Crippen LogP contribution in [0.25, 0.3) is 0 Å². The summed E-state index contributed by atoms with van der Waals surface area (Å²) in [7, 11) is 1.70. The number of rotatable bonds is 7. The summed E-state index contributed by atoms with van der Waals surface area (Å²) in [6.07, 6.45) is 1.54. The van der Waals surface area contributed by atoms with Crippen LogP contribution < -0.4 is 4.74 Å². The molecule has 0 fully saturated rings. The van der Waals surface area contributed by atoms with E-state index in [9.17, 15) is 5.11 Å². The lowest BCUT2D eigenvalue weighted by Crippen LogP contribution is -2.21. The molecule has 0 saturated heterocycles. The van der Waals surface area contributed by atoms with Gasteiger partial charge in [0.2, 0.25) is 0 Å². The molecule has 0 radical (unpaired) electrons. The second-order valence-corrected chi connectivity index (χ2v) is 4.80. The van der Waals surface area contributed by atoms with Crippen molar-refractivity contribution in [3.05, 3.63) is 29.8 Å². The summed E-state index contributed by atoms with van der Waals surface area (Å²) < 4.78 is 10.6. The van der Waals surface area contributed by atoms with Crippen LogP contribution in [0.2, 0.25) is 0 Å². The standard InChI is InChI=1S/C14H22O3/c1-14(2,15)9-11-17-13-6-4-12(5-7-13)8-10-16-3/h4-7,15H,8-11H2,1-3H3. The molecule has 0 saturated carbocycles. The van der Waals surface area contributed by atoms with Crippen molar-refractivity contribution in [1.82, 2.24) is 0 Å². The SMILES string of the molecule is COCCc1ccc(OCCC(C)(C)O)cc1. The zero-order valence-corrected chi connectivity index (χ0v) is 10.9. The fourth-order valence-electron chi connectivity index (χ4n) is 1.39. The van der Waals surface area contributed by atoms with E-state index in [-0.39, 0.29) is 0 Å². The lowest BCUT2D eigenvalue weighted by molar-refractivity contribution is 0.0553. The molecule has 0 aliphatic heterocycles. The van der Waals surface area contributed by atoms with Gasteiger partial charge in [0.15, 0.2) is 0 Å². The minimum atomic E-state index is -0.668. The molecule has 0 aromatic heterocycles. The van der Waals surface area contributed by atoms with Crippen molar-refractivity contribution in [2.45, 2.75) is 32.3 Å². The van der Waals surface area contributed by atoms with E-state index >= 15 is 0 Å². The maximum absolute atomic E-state index is 9.54. The number of aliphatic hydroxyl groups is 1. The summed E-state index contributed by atoms with van der Waals surface area (Å²) in [5, 5.41) is 9.54. The maximum atomic E-state index is 9.54. The highest BCUT2D eigenvalue weighted by Gasteiger charge is 2.11. The zero-order chi connectivity index (χ0) is 12.7. The largest absolute Gasteiger partial charge is 0.493 e. The number of methoxy groups -OCH3 is 1. The predicted octanol–water partition coefficient (Wildman–Crippen LogP) is 2.42. The normalized spacial score (nSPS) is 11.5. The molecule has 1 aromatic rings. The average molecular weight is 238 g/mol. The average Bonchev–Trinajstić information content (AvgIpc) is 2.26. The van der Waals surface area contributed by atoms with E-state index in [0.29, 0.717) is 13.0 Å². The molecule has 0 unspecified atom stereocenters. The fourth-order valence-corrected chi connectivity index (χ4v) is 1.39. The molecule has 3 nitrogen and oxygen atoms in total. The first-order valence-electron chi connectivity index (χ1n) is 5.94. The van der Waals surface area contributed by atoms with Crippen molar-refractivity contribution in [2.24, 2.45) is 0 Å². The Hall–Kier alpha value is -1.06. The van der Waals surface area contributed by atoms with E-state index in [1.165, 1.54) is 5.56 Å². The van der Waals surface area contributed by atoms with Crippen molar-refractivity contribution in [3.63, 3.8) is 0 Å². The highest BCUT2D eigenvalue weighted by molar-refractivity contribution is 5.27. The molecule has 1 aromatic carbocycles. The third-order valence-electron chi connectivity index (χ3n) is 2.50. The van der Waals surface area contributed by atoms with Crippen LogP contribution in [0, 0.1) is 0 Å². The first-order chi connectivity index (χ1) is 8.01. The van der Waals surface area contributed by atoms with E-state index in [1.54, 1.807) is 21.0 Å². The van der Waals surface area contributed by atoms with Crippen molar-refractivity contribution in [1.29, 1.82) is 0 Å². The van der Waals surface area contributed by atoms with E-state index in [2.05, 4.69) is 0 Å². The third-order valence-corrected chi connectivity index (χ3v) is 2.50. The van der Waals surface area contributed by atoms with Crippen LogP contribution in [0.4, 0.5) is 0 Å². The molecule has 0 bridgehead atoms. The maximum Gasteiger partial charge on any atom is 0.119 e. The Kier molecular flexibility index (Phi) is 5.45. The monoisotopic (exact) mass is 238 g/mol.